The van der Waals surface area contributed by atoms with Crippen molar-refractivity contribution in [2.24, 2.45) is 11.8 Å². The van der Waals surface area contributed by atoms with Crippen LogP contribution in [0.2, 0.25) is 0 Å². The van der Waals surface area contributed by atoms with Crippen molar-refractivity contribution in [3.05, 3.63) is 28.8 Å². The number of aromatic hydroxyl groups is 1. The average Bonchev–Trinajstić information content (AvgIpc) is 2.46. The number of phenols is 1. The Morgan fingerprint density at radius 3 is 1.06 bits per heavy atom. The molecule has 0 atom stereocenters. The Hall–Kier alpha value is -1.82. The molecule has 0 bridgehead atoms. The smallest absolute Gasteiger partial charge is 0.400 e. The van der Waals surface area contributed by atoms with Crippen molar-refractivity contribution >= 4 is 0 Å². The maximum Gasteiger partial charge on any atom is 0.400 e. The van der Waals surface area contributed by atoms with Crippen LogP contribution in [-0.2, 0) is 18.3 Å². The van der Waals surface area contributed by atoms with Gasteiger partial charge in [0.05, 0.1) is 0 Å². The summed E-state index contributed by atoms with van der Waals surface area (Å²) in [6.45, 7) is 4.18. The van der Waals surface area contributed by atoms with Crippen LogP contribution in [-0.4, -0.2) is 29.8 Å². The molecule has 0 aliphatic heterocycles. The zero-order valence-electron chi connectivity index (χ0n) is 16.2. The summed E-state index contributed by atoms with van der Waals surface area (Å²) >= 11 is 0. The molecule has 180 valence electrons. The highest BCUT2D eigenvalue weighted by Gasteiger charge is 2.58. The first-order valence-electron chi connectivity index (χ1n) is 8.57. The molecule has 1 rings (SSSR count). The van der Waals surface area contributed by atoms with Crippen molar-refractivity contribution in [3.63, 3.8) is 0 Å². The molecule has 0 heterocycles. The third-order valence-electron chi connectivity index (χ3n) is 4.56. The van der Waals surface area contributed by atoms with E-state index in [9.17, 15) is 57.8 Å². The topological polar surface area (TPSA) is 20.2 Å². The van der Waals surface area contributed by atoms with Crippen LogP contribution >= 0.6 is 0 Å². The third-order valence-corrected chi connectivity index (χ3v) is 4.56. The van der Waals surface area contributed by atoms with Gasteiger partial charge in [-0.2, -0.15) is 52.7 Å². The summed E-state index contributed by atoms with van der Waals surface area (Å²) in [6.07, 6.45) is -27.1. The van der Waals surface area contributed by atoms with E-state index in [0.717, 1.165) is 12.1 Å². The van der Waals surface area contributed by atoms with E-state index in [1.807, 2.05) is 0 Å². The van der Waals surface area contributed by atoms with Gasteiger partial charge in [0.1, 0.15) is 5.75 Å². The summed E-state index contributed by atoms with van der Waals surface area (Å²) in [7, 11) is 0. The third kappa shape index (κ3) is 7.09. The second-order valence-electron chi connectivity index (χ2n) is 8.07. The molecule has 1 aromatic rings. The molecule has 1 N–H and O–H groups in total. The van der Waals surface area contributed by atoms with Crippen molar-refractivity contribution in [2.75, 3.05) is 0 Å². The van der Waals surface area contributed by atoms with Gasteiger partial charge in [-0.15, -0.1) is 0 Å². The lowest BCUT2D eigenvalue weighted by Gasteiger charge is -2.28. The fourth-order valence-corrected chi connectivity index (χ4v) is 2.78. The summed E-state index contributed by atoms with van der Waals surface area (Å²) in [4.78, 5) is 0. The minimum Gasteiger partial charge on any atom is -0.507 e. The largest absolute Gasteiger partial charge is 0.507 e. The normalized spacial score (nSPS) is 14.6. The minimum atomic E-state index is -5.82. The second kappa shape index (κ2) is 8.27. The molecule has 0 saturated heterocycles. The van der Waals surface area contributed by atoms with Gasteiger partial charge in [0, 0.05) is 0 Å². The zero-order chi connectivity index (χ0) is 24.8. The van der Waals surface area contributed by atoms with E-state index in [0.29, 0.717) is 0 Å². The first-order chi connectivity index (χ1) is 13.5. The van der Waals surface area contributed by atoms with Gasteiger partial charge in [-0.1, -0.05) is 32.9 Å². The summed E-state index contributed by atoms with van der Waals surface area (Å²) in [5.74, 6) is -9.42. The van der Waals surface area contributed by atoms with E-state index in [1.165, 1.54) is 20.8 Å². The Labute approximate surface area is 169 Å². The molecule has 31 heavy (non-hydrogen) atoms. The fraction of sp³-hybridized carbons (Fsp3) is 0.667. The van der Waals surface area contributed by atoms with Gasteiger partial charge in [0.2, 0.25) is 0 Å². The standard InChI is InChI=1S/C18H18F12O/c1-14(2,3)10-4-8(6-11(15(19,20)21)16(22,23)24)13(31)9(5-10)7-12(17(25,26)27)18(28,29)30/h4-5,11-12,31H,6-7H2,1-3H3. The van der Waals surface area contributed by atoms with Crippen LogP contribution in [0.5, 0.6) is 5.75 Å². The molecule has 0 aliphatic rings. The van der Waals surface area contributed by atoms with Gasteiger partial charge in [-0.3, -0.25) is 0 Å². The molecule has 0 fully saturated rings. The van der Waals surface area contributed by atoms with Crippen LogP contribution in [0.1, 0.15) is 37.5 Å². The van der Waals surface area contributed by atoms with Gasteiger partial charge in [-0.05, 0) is 34.9 Å². The summed E-state index contributed by atoms with van der Waals surface area (Å²) in [5, 5.41) is 10.1. The minimum absolute atomic E-state index is 0.138. The van der Waals surface area contributed by atoms with E-state index >= 15 is 0 Å². The van der Waals surface area contributed by atoms with Crippen LogP contribution in [0.3, 0.4) is 0 Å². The lowest BCUT2D eigenvalue weighted by Crippen LogP contribution is -2.38. The van der Waals surface area contributed by atoms with Crippen LogP contribution < -0.4 is 0 Å². The van der Waals surface area contributed by atoms with E-state index < -0.39 is 71.7 Å². The van der Waals surface area contributed by atoms with Crippen molar-refractivity contribution in [2.45, 2.75) is 63.7 Å². The second-order valence-corrected chi connectivity index (χ2v) is 8.07. The van der Waals surface area contributed by atoms with Crippen molar-refractivity contribution in [3.8, 4) is 5.75 Å². The maximum absolute atomic E-state index is 12.9. The first-order valence-corrected chi connectivity index (χ1v) is 8.57. The van der Waals surface area contributed by atoms with Gasteiger partial charge in [0.15, 0.2) is 11.8 Å². The molecule has 0 unspecified atom stereocenters. The predicted octanol–water partition coefficient (Wildman–Crippen LogP) is 7.26. The van der Waals surface area contributed by atoms with E-state index in [-0.39, 0.29) is 5.56 Å². The molecular formula is C18H18F12O. The van der Waals surface area contributed by atoms with Crippen LogP contribution in [0, 0.1) is 11.8 Å². The van der Waals surface area contributed by atoms with Crippen molar-refractivity contribution in [1.82, 2.24) is 0 Å². The molecule has 0 aliphatic carbocycles. The number of alkyl halides is 12. The van der Waals surface area contributed by atoms with Crippen molar-refractivity contribution < 1.29 is 57.8 Å². The van der Waals surface area contributed by atoms with Crippen LogP contribution in [0.4, 0.5) is 52.7 Å². The van der Waals surface area contributed by atoms with E-state index in [2.05, 4.69) is 0 Å². The Morgan fingerprint density at radius 2 is 0.871 bits per heavy atom. The SMILES string of the molecule is CC(C)(C)c1cc(CC(C(F)(F)F)C(F)(F)F)c(O)c(CC(C(F)(F)F)C(F)(F)F)c1. The Kier molecular flexibility index (Phi) is 7.26. The highest BCUT2D eigenvalue weighted by Crippen LogP contribution is 2.46. The number of halogens is 12. The van der Waals surface area contributed by atoms with E-state index in [1.54, 1.807) is 0 Å². The number of hydrogen-bond acceptors (Lipinski definition) is 1. The molecule has 1 nitrogen and oxygen atoms in total. The lowest BCUT2D eigenvalue weighted by molar-refractivity contribution is -0.284. The lowest BCUT2D eigenvalue weighted by atomic mass is 9.82. The molecule has 1 aromatic carbocycles. The van der Waals surface area contributed by atoms with Gasteiger partial charge < -0.3 is 5.11 Å². The van der Waals surface area contributed by atoms with Crippen LogP contribution in [0.25, 0.3) is 0 Å². The average molecular weight is 478 g/mol. The van der Waals surface area contributed by atoms with Gasteiger partial charge >= 0.3 is 24.7 Å². The summed E-state index contributed by atoms with van der Waals surface area (Å²) < 4.78 is 155. The molecule has 13 heteroatoms. The van der Waals surface area contributed by atoms with Gasteiger partial charge in [0.25, 0.3) is 0 Å². The highest BCUT2D eigenvalue weighted by molar-refractivity contribution is 5.46. The molecule has 0 aromatic heterocycles. The first kappa shape index (κ1) is 27.2. The monoisotopic (exact) mass is 478 g/mol. The predicted molar refractivity (Wildman–Crippen MR) is 85.4 cm³/mol. The van der Waals surface area contributed by atoms with Crippen molar-refractivity contribution in [1.29, 1.82) is 0 Å². The van der Waals surface area contributed by atoms with Crippen LogP contribution in [0.15, 0.2) is 12.1 Å². The Morgan fingerprint density at radius 1 is 0.613 bits per heavy atom. The Bertz CT molecular complexity index is 679. The summed E-state index contributed by atoms with van der Waals surface area (Å²) in [5.41, 5.74) is -3.31. The number of rotatable bonds is 4. The molecule has 0 radical (unpaired) electrons. The van der Waals surface area contributed by atoms with E-state index in [4.69, 9.17) is 0 Å². The summed E-state index contributed by atoms with van der Waals surface area (Å²) in [6, 6.07) is 1.44. The molecular weight excluding hydrogens is 460 g/mol. The highest BCUT2D eigenvalue weighted by atomic mass is 19.4. The maximum atomic E-state index is 12.9. The number of phenolic OH excluding ortho intramolecular Hbond substituents is 1. The Balaban J connectivity index is 3.66. The zero-order valence-corrected chi connectivity index (χ0v) is 16.2. The molecule has 0 amide bonds. The molecule has 0 spiro atoms. The quantitative estimate of drug-likeness (QED) is 0.452. The van der Waals surface area contributed by atoms with Gasteiger partial charge in [-0.25, -0.2) is 0 Å². The fourth-order valence-electron chi connectivity index (χ4n) is 2.78. The molecule has 0 saturated carbocycles. The number of benzene rings is 1. The number of hydrogen-bond donors (Lipinski definition) is 1.